The predicted molar refractivity (Wildman–Crippen MR) is 108 cm³/mol. The van der Waals surface area contributed by atoms with Crippen LogP contribution in [-0.2, 0) is 30.5 Å². The molecule has 1 saturated heterocycles. The average Bonchev–Trinajstić information content (AvgIpc) is 3.16. The van der Waals surface area contributed by atoms with Gasteiger partial charge in [0.25, 0.3) is 0 Å². The molecule has 0 radical (unpaired) electrons. The number of anilines is 1. The maximum atomic E-state index is 13.2. The van der Waals surface area contributed by atoms with Gasteiger partial charge in [0.05, 0.1) is 37.6 Å². The Bertz CT molecular complexity index is 996. The summed E-state index contributed by atoms with van der Waals surface area (Å²) in [7, 11) is 0. The molecular formula is C20H21ClF3N5O2. The van der Waals surface area contributed by atoms with Gasteiger partial charge in [-0.2, -0.15) is 13.2 Å². The van der Waals surface area contributed by atoms with Crippen LogP contribution in [0.5, 0.6) is 0 Å². The second-order valence-corrected chi connectivity index (χ2v) is 7.78. The standard InChI is InChI=1S/C20H21ClF3N5O2/c1-12-13(3-2-4-15(12)20(22,23)24)9-25-17-14-10-29(11-16(14)26-18(21)27-17)19(30)28-5-7-31-8-6-28/h2-4H,5-11H2,1H3,(H,25,26,27). The third-order valence-electron chi connectivity index (χ3n) is 5.50. The normalized spacial score (nSPS) is 16.4. The minimum absolute atomic E-state index is 0.0164. The zero-order valence-corrected chi connectivity index (χ0v) is 17.6. The molecule has 1 aromatic heterocycles. The van der Waals surface area contributed by atoms with Crippen molar-refractivity contribution in [3.05, 3.63) is 51.4 Å². The summed E-state index contributed by atoms with van der Waals surface area (Å²) in [6.07, 6.45) is -4.42. The number of amides is 2. The van der Waals surface area contributed by atoms with Gasteiger partial charge < -0.3 is 19.9 Å². The van der Waals surface area contributed by atoms with E-state index in [0.717, 1.165) is 11.6 Å². The van der Waals surface area contributed by atoms with E-state index in [4.69, 9.17) is 16.3 Å². The highest BCUT2D eigenvalue weighted by Crippen LogP contribution is 2.34. The highest BCUT2D eigenvalue weighted by molar-refractivity contribution is 6.28. The maximum Gasteiger partial charge on any atom is 0.416 e. The largest absolute Gasteiger partial charge is 0.416 e. The first-order valence-corrected chi connectivity index (χ1v) is 10.2. The van der Waals surface area contributed by atoms with Crippen molar-refractivity contribution in [1.29, 1.82) is 0 Å². The first-order valence-electron chi connectivity index (χ1n) is 9.80. The van der Waals surface area contributed by atoms with E-state index in [9.17, 15) is 18.0 Å². The number of carbonyl (C=O) groups is 1. The summed E-state index contributed by atoms with van der Waals surface area (Å²) in [6, 6.07) is 3.96. The van der Waals surface area contributed by atoms with Crippen LogP contribution < -0.4 is 5.32 Å². The second kappa shape index (κ2) is 8.51. The molecule has 1 N–H and O–H groups in total. The Kier molecular flexibility index (Phi) is 5.94. The van der Waals surface area contributed by atoms with Crippen LogP contribution in [0.1, 0.15) is 27.9 Å². The Morgan fingerprint density at radius 1 is 1.19 bits per heavy atom. The van der Waals surface area contributed by atoms with Gasteiger partial charge in [-0.1, -0.05) is 12.1 Å². The summed E-state index contributed by atoms with van der Waals surface area (Å²) in [5.74, 6) is 0.420. The fourth-order valence-electron chi connectivity index (χ4n) is 3.82. The van der Waals surface area contributed by atoms with Crippen LogP contribution in [0.4, 0.5) is 23.8 Å². The van der Waals surface area contributed by atoms with Crippen molar-refractivity contribution in [3.63, 3.8) is 0 Å². The topological polar surface area (TPSA) is 70.6 Å². The number of hydrogen-bond acceptors (Lipinski definition) is 5. The number of aromatic nitrogens is 2. The SMILES string of the molecule is Cc1c(CNc2nc(Cl)nc3c2CN(C(=O)N2CCOCC2)C3)cccc1C(F)(F)F. The van der Waals surface area contributed by atoms with Gasteiger partial charge in [-0.05, 0) is 35.7 Å². The van der Waals surface area contributed by atoms with Crippen molar-refractivity contribution in [2.24, 2.45) is 0 Å². The number of alkyl halides is 3. The van der Waals surface area contributed by atoms with Crippen LogP contribution in [0.2, 0.25) is 5.28 Å². The van der Waals surface area contributed by atoms with Crippen LogP contribution in [-0.4, -0.2) is 52.1 Å². The van der Waals surface area contributed by atoms with Crippen molar-refractivity contribution in [3.8, 4) is 0 Å². The van der Waals surface area contributed by atoms with Gasteiger partial charge >= 0.3 is 12.2 Å². The molecular weight excluding hydrogens is 435 g/mol. The van der Waals surface area contributed by atoms with E-state index in [1.807, 2.05) is 0 Å². The number of rotatable bonds is 3. The van der Waals surface area contributed by atoms with Crippen molar-refractivity contribution < 1.29 is 22.7 Å². The number of ether oxygens (including phenoxy) is 1. The van der Waals surface area contributed by atoms with Crippen LogP contribution in [0.15, 0.2) is 18.2 Å². The highest BCUT2D eigenvalue weighted by atomic mass is 35.5. The zero-order chi connectivity index (χ0) is 22.2. The van der Waals surface area contributed by atoms with E-state index in [2.05, 4.69) is 15.3 Å². The van der Waals surface area contributed by atoms with Gasteiger partial charge in [0.15, 0.2) is 0 Å². The Hall–Kier alpha value is -2.59. The molecule has 2 amide bonds. The lowest BCUT2D eigenvalue weighted by Gasteiger charge is -2.30. The first kappa shape index (κ1) is 21.6. The third kappa shape index (κ3) is 4.54. The fraction of sp³-hybridized carbons (Fsp3) is 0.450. The summed E-state index contributed by atoms with van der Waals surface area (Å²) in [5, 5.41) is 3.10. The molecule has 11 heteroatoms. The Morgan fingerprint density at radius 3 is 2.65 bits per heavy atom. The molecule has 2 aliphatic heterocycles. The second-order valence-electron chi connectivity index (χ2n) is 7.45. The molecule has 7 nitrogen and oxygen atoms in total. The molecule has 0 aliphatic carbocycles. The van der Waals surface area contributed by atoms with Gasteiger partial charge in [-0.3, -0.25) is 0 Å². The van der Waals surface area contributed by atoms with Crippen LogP contribution in [0, 0.1) is 6.92 Å². The quantitative estimate of drug-likeness (QED) is 0.712. The maximum absolute atomic E-state index is 13.2. The summed E-state index contributed by atoms with van der Waals surface area (Å²) in [4.78, 5) is 24.6. The molecule has 3 heterocycles. The smallest absolute Gasteiger partial charge is 0.378 e. The fourth-order valence-corrected chi connectivity index (χ4v) is 4.01. The lowest BCUT2D eigenvalue weighted by atomic mass is 10.0. The number of nitrogens with zero attached hydrogens (tertiary/aromatic N) is 4. The molecule has 0 saturated carbocycles. The number of fused-ring (bicyclic) bond motifs is 1. The van der Waals surface area contributed by atoms with Gasteiger partial charge in [-0.15, -0.1) is 0 Å². The molecule has 166 valence electrons. The van der Waals surface area contributed by atoms with Gasteiger partial charge in [0, 0.05) is 25.2 Å². The van der Waals surface area contributed by atoms with E-state index in [1.165, 1.54) is 13.0 Å². The minimum atomic E-state index is -4.42. The monoisotopic (exact) mass is 455 g/mol. The van der Waals surface area contributed by atoms with Gasteiger partial charge in [-0.25, -0.2) is 14.8 Å². The van der Waals surface area contributed by atoms with E-state index >= 15 is 0 Å². The highest BCUT2D eigenvalue weighted by Gasteiger charge is 2.33. The molecule has 1 fully saturated rings. The van der Waals surface area contributed by atoms with Crippen molar-refractivity contribution >= 4 is 23.4 Å². The molecule has 0 spiro atoms. The summed E-state index contributed by atoms with van der Waals surface area (Å²) < 4.78 is 44.9. The first-order chi connectivity index (χ1) is 14.7. The molecule has 0 unspecified atom stereocenters. The number of nitrogens with one attached hydrogen (secondary N) is 1. The van der Waals surface area contributed by atoms with E-state index < -0.39 is 11.7 Å². The molecule has 31 heavy (non-hydrogen) atoms. The Labute approximate surface area is 182 Å². The van der Waals surface area contributed by atoms with E-state index in [-0.39, 0.29) is 23.4 Å². The Balaban J connectivity index is 1.52. The average molecular weight is 456 g/mol. The zero-order valence-electron chi connectivity index (χ0n) is 16.8. The van der Waals surface area contributed by atoms with Gasteiger partial charge in [0.1, 0.15) is 5.82 Å². The molecule has 1 aromatic carbocycles. The number of morpholine rings is 1. The Morgan fingerprint density at radius 2 is 1.94 bits per heavy atom. The third-order valence-corrected chi connectivity index (χ3v) is 5.67. The molecule has 0 atom stereocenters. The van der Waals surface area contributed by atoms with E-state index in [1.54, 1.807) is 15.9 Å². The number of carbonyl (C=O) groups excluding carboxylic acids is 1. The van der Waals surface area contributed by atoms with Gasteiger partial charge in [0.2, 0.25) is 5.28 Å². The lowest BCUT2D eigenvalue weighted by Crippen LogP contribution is -2.46. The van der Waals surface area contributed by atoms with Crippen molar-refractivity contribution in [2.75, 3.05) is 31.6 Å². The summed E-state index contributed by atoms with van der Waals surface area (Å²) in [6.45, 7) is 4.23. The molecule has 2 aliphatic rings. The van der Waals surface area contributed by atoms with Crippen LogP contribution in [0.3, 0.4) is 0 Å². The van der Waals surface area contributed by atoms with Crippen LogP contribution >= 0.6 is 11.6 Å². The minimum Gasteiger partial charge on any atom is -0.378 e. The molecule has 2 aromatic rings. The number of urea groups is 1. The van der Waals surface area contributed by atoms with Crippen LogP contribution in [0.25, 0.3) is 0 Å². The summed E-state index contributed by atoms with van der Waals surface area (Å²) in [5.41, 5.74) is 1.33. The number of hydrogen-bond donors (Lipinski definition) is 1. The number of halogens is 4. The molecule has 0 bridgehead atoms. The summed E-state index contributed by atoms with van der Waals surface area (Å²) >= 11 is 6.06. The van der Waals surface area contributed by atoms with E-state index in [0.29, 0.717) is 56.5 Å². The predicted octanol–water partition coefficient (Wildman–Crippen LogP) is 3.84. The molecule has 4 rings (SSSR count). The number of benzene rings is 1. The lowest BCUT2D eigenvalue weighted by molar-refractivity contribution is -0.138. The van der Waals surface area contributed by atoms with Crippen molar-refractivity contribution in [1.82, 2.24) is 19.8 Å². The van der Waals surface area contributed by atoms with Crippen molar-refractivity contribution in [2.45, 2.75) is 32.7 Å².